The van der Waals surface area contributed by atoms with Crippen LogP contribution in [0.15, 0.2) is 46.4 Å². The molecule has 2 N–H and O–H groups in total. The van der Waals surface area contributed by atoms with Crippen molar-refractivity contribution in [2.75, 3.05) is 13.1 Å². The number of halogens is 2. The molecule has 0 atom stereocenters. The first-order chi connectivity index (χ1) is 10.6. The predicted molar refractivity (Wildman–Crippen MR) is 91.2 cm³/mol. The van der Waals surface area contributed by atoms with E-state index in [0.717, 1.165) is 0 Å². The van der Waals surface area contributed by atoms with Gasteiger partial charge in [0.05, 0.1) is 23.1 Å². The molecule has 6 heteroatoms. The van der Waals surface area contributed by atoms with Crippen molar-refractivity contribution < 1.29 is 10.2 Å². The highest BCUT2D eigenvalue weighted by atomic mass is 35.5. The summed E-state index contributed by atoms with van der Waals surface area (Å²) in [6.07, 6.45) is 3.10. The highest BCUT2D eigenvalue weighted by molar-refractivity contribution is 6.32. The lowest BCUT2D eigenvalue weighted by molar-refractivity contribution is 0.474. The van der Waals surface area contributed by atoms with Crippen molar-refractivity contribution in [3.63, 3.8) is 0 Å². The SMILES string of the molecule is Oc1c(Cl)cccc1C=NCCN=Cc1cccc(Cl)c1O. The summed E-state index contributed by atoms with van der Waals surface area (Å²) in [5.74, 6) is 0.0283. The van der Waals surface area contributed by atoms with Crippen LogP contribution in [0.2, 0.25) is 10.0 Å². The number of nitrogens with zero attached hydrogens (tertiary/aromatic N) is 2. The quantitative estimate of drug-likeness (QED) is 0.641. The Bertz CT molecular complexity index is 654. The van der Waals surface area contributed by atoms with Crippen LogP contribution in [0.25, 0.3) is 0 Å². The van der Waals surface area contributed by atoms with Crippen LogP contribution in [-0.2, 0) is 0 Å². The molecule has 0 unspecified atom stereocenters. The van der Waals surface area contributed by atoms with Gasteiger partial charge in [-0.3, -0.25) is 9.98 Å². The largest absolute Gasteiger partial charge is 0.506 e. The zero-order valence-corrected chi connectivity index (χ0v) is 13.1. The second-order valence-corrected chi connectivity index (χ2v) is 5.24. The van der Waals surface area contributed by atoms with Crippen LogP contribution in [0.4, 0.5) is 0 Å². The Labute approximate surface area is 138 Å². The van der Waals surface area contributed by atoms with Crippen LogP contribution >= 0.6 is 23.2 Å². The Kier molecular flexibility index (Phi) is 5.81. The third-order valence-electron chi connectivity index (χ3n) is 2.85. The van der Waals surface area contributed by atoms with Gasteiger partial charge in [-0.15, -0.1) is 0 Å². The molecule has 114 valence electrons. The maximum absolute atomic E-state index is 9.71. The van der Waals surface area contributed by atoms with E-state index in [1.54, 1.807) is 48.8 Å². The first kappa shape index (κ1) is 16.3. The van der Waals surface area contributed by atoms with Crippen molar-refractivity contribution in [2.45, 2.75) is 0 Å². The van der Waals surface area contributed by atoms with Gasteiger partial charge in [-0.1, -0.05) is 35.3 Å². The molecule has 0 radical (unpaired) electrons. The van der Waals surface area contributed by atoms with E-state index in [1.165, 1.54) is 0 Å². The number of rotatable bonds is 5. The predicted octanol–water partition coefficient (Wildman–Crippen LogP) is 3.94. The summed E-state index contributed by atoms with van der Waals surface area (Å²) >= 11 is 11.6. The van der Waals surface area contributed by atoms with Crippen LogP contribution in [-0.4, -0.2) is 35.7 Å². The second-order valence-electron chi connectivity index (χ2n) is 4.43. The van der Waals surface area contributed by atoms with Crippen LogP contribution in [0.1, 0.15) is 11.1 Å². The first-order valence-electron chi connectivity index (χ1n) is 6.54. The van der Waals surface area contributed by atoms with Crippen molar-refractivity contribution in [1.29, 1.82) is 0 Å². The van der Waals surface area contributed by atoms with Crippen molar-refractivity contribution in [1.82, 2.24) is 0 Å². The van der Waals surface area contributed by atoms with Gasteiger partial charge in [-0.05, 0) is 24.3 Å². The molecule has 0 aliphatic carbocycles. The van der Waals surface area contributed by atoms with Crippen molar-refractivity contribution in [3.05, 3.63) is 57.6 Å². The Morgan fingerprint density at radius 3 is 1.59 bits per heavy atom. The molecule has 0 aliphatic rings. The van der Waals surface area contributed by atoms with Gasteiger partial charge >= 0.3 is 0 Å². The number of hydrogen-bond donors (Lipinski definition) is 2. The molecule has 0 aromatic heterocycles. The molecule has 2 rings (SSSR count). The Morgan fingerprint density at radius 1 is 0.773 bits per heavy atom. The van der Waals surface area contributed by atoms with E-state index in [2.05, 4.69) is 9.98 Å². The van der Waals surface area contributed by atoms with E-state index >= 15 is 0 Å². The third-order valence-corrected chi connectivity index (χ3v) is 3.46. The van der Waals surface area contributed by atoms with Gasteiger partial charge in [0.1, 0.15) is 11.5 Å². The first-order valence-corrected chi connectivity index (χ1v) is 7.30. The number of benzene rings is 2. The molecule has 0 bridgehead atoms. The van der Waals surface area contributed by atoms with E-state index in [-0.39, 0.29) is 11.5 Å². The number of phenols is 2. The summed E-state index contributed by atoms with van der Waals surface area (Å²) < 4.78 is 0. The van der Waals surface area contributed by atoms with E-state index in [0.29, 0.717) is 34.3 Å². The summed E-state index contributed by atoms with van der Waals surface area (Å²) in [5.41, 5.74) is 1.12. The van der Waals surface area contributed by atoms with Gasteiger partial charge in [0.25, 0.3) is 0 Å². The summed E-state index contributed by atoms with van der Waals surface area (Å²) in [7, 11) is 0. The molecule has 0 fully saturated rings. The molecule has 0 heterocycles. The summed E-state index contributed by atoms with van der Waals surface area (Å²) in [6.45, 7) is 0.896. The number of phenolic OH excluding ortho intramolecular Hbond substituents is 2. The minimum Gasteiger partial charge on any atom is -0.506 e. The normalized spacial score (nSPS) is 11.5. The van der Waals surface area contributed by atoms with Crippen LogP contribution in [0.3, 0.4) is 0 Å². The second kappa shape index (κ2) is 7.82. The molecule has 0 saturated heterocycles. The maximum atomic E-state index is 9.71. The smallest absolute Gasteiger partial charge is 0.142 e. The van der Waals surface area contributed by atoms with Gasteiger partial charge in [0.15, 0.2) is 0 Å². The molecule has 0 saturated carbocycles. The van der Waals surface area contributed by atoms with Gasteiger partial charge < -0.3 is 10.2 Å². The topological polar surface area (TPSA) is 65.2 Å². The fourth-order valence-corrected chi connectivity index (χ4v) is 2.08. The summed E-state index contributed by atoms with van der Waals surface area (Å²) in [4.78, 5) is 8.34. The van der Waals surface area contributed by atoms with Crippen LogP contribution < -0.4 is 0 Å². The van der Waals surface area contributed by atoms with Crippen LogP contribution in [0, 0.1) is 0 Å². The number of aromatic hydroxyl groups is 2. The Morgan fingerprint density at radius 2 is 1.18 bits per heavy atom. The van der Waals surface area contributed by atoms with Gasteiger partial charge in [0, 0.05) is 23.6 Å². The van der Waals surface area contributed by atoms with Gasteiger partial charge in [-0.2, -0.15) is 0 Å². The van der Waals surface area contributed by atoms with Crippen molar-refractivity contribution >= 4 is 35.6 Å². The average Bonchev–Trinajstić information content (AvgIpc) is 2.51. The molecule has 22 heavy (non-hydrogen) atoms. The molecule has 2 aromatic rings. The van der Waals surface area contributed by atoms with Gasteiger partial charge in [-0.25, -0.2) is 0 Å². The molecular weight excluding hydrogens is 323 g/mol. The Balaban J connectivity index is 1.89. The van der Waals surface area contributed by atoms with E-state index in [9.17, 15) is 10.2 Å². The molecule has 0 aliphatic heterocycles. The van der Waals surface area contributed by atoms with E-state index < -0.39 is 0 Å². The summed E-state index contributed by atoms with van der Waals surface area (Å²) in [6, 6.07) is 10.1. The lowest BCUT2D eigenvalue weighted by Crippen LogP contribution is -1.91. The molecule has 2 aromatic carbocycles. The fraction of sp³-hybridized carbons (Fsp3) is 0.125. The lowest BCUT2D eigenvalue weighted by Gasteiger charge is -2.00. The van der Waals surface area contributed by atoms with Crippen molar-refractivity contribution in [3.8, 4) is 11.5 Å². The fourth-order valence-electron chi connectivity index (χ4n) is 1.71. The zero-order chi connectivity index (χ0) is 15.9. The van der Waals surface area contributed by atoms with Gasteiger partial charge in [0.2, 0.25) is 0 Å². The number of hydrogen-bond acceptors (Lipinski definition) is 4. The monoisotopic (exact) mass is 336 g/mol. The highest BCUT2D eigenvalue weighted by Crippen LogP contribution is 2.26. The number of aliphatic imine (C=N–C) groups is 2. The highest BCUT2D eigenvalue weighted by Gasteiger charge is 2.02. The minimum atomic E-state index is 0.0141. The van der Waals surface area contributed by atoms with Crippen LogP contribution in [0.5, 0.6) is 11.5 Å². The Hall–Kier alpha value is -2.04. The third kappa shape index (κ3) is 4.23. The molecule has 0 spiro atoms. The lowest BCUT2D eigenvalue weighted by atomic mass is 10.2. The van der Waals surface area contributed by atoms with E-state index in [1.807, 2.05) is 0 Å². The minimum absolute atomic E-state index is 0.0141. The summed E-state index contributed by atoms with van der Waals surface area (Å²) in [5, 5.41) is 20.0. The van der Waals surface area contributed by atoms with E-state index in [4.69, 9.17) is 23.2 Å². The molecular formula is C16H14Cl2N2O2. The standard InChI is InChI=1S/C16H14Cl2N2O2/c17-13-5-1-3-11(15(13)21)9-19-7-8-20-10-12-4-2-6-14(18)16(12)22/h1-6,9-10,21-22H,7-8H2. The van der Waals surface area contributed by atoms with Crippen molar-refractivity contribution in [2.24, 2.45) is 9.98 Å². The molecule has 4 nitrogen and oxygen atoms in total. The molecule has 0 amide bonds. The maximum Gasteiger partial charge on any atom is 0.142 e. The zero-order valence-electron chi connectivity index (χ0n) is 11.6. The average molecular weight is 337 g/mol. The number of para-hydroxylation sites is 2.